The van der Waals surface area contributed by atoms with Gasteiger partial charge in [-0.25, -0.2) is 24.1 Å². The molecule has 0 bridgehead atoms. The summed E-state index contributed by atoms with van der Waals surface area (Å²) in [5.74, 6) is 0.673. The number of piperidine rings is 1. The summed E-state index contributed by atoms with van der Waals surface area (Å²) in [5, 5.41) is 9.37. The average molecular weight is 334 g/mol. The molecule has 2 N–H and O–H groups in total. The second-order valence-electron chi connectivity index (χ2n) is 6.88. The van der Waals surface area contributed by atoms with E-state index in [9.17, 15) is 9.59 Å². The van der Waals surface area contributed by atoms with Crippen LogP contribution in [0.1, 0.15) is 33.6 Å². The fourth-order valence-electron chi connectivity index (χ4n) is 2.76. The molecule has 1 aliphatic heterocycles. The van der Waals surface area contributed by atoms with Gasteiger partial charge >= 0.3 is 11.8 Å². The molecule has 0 unspecified atom stereocenters. The number of anilines is 1. The molecule has 0 spiro atoms. The molecule has 0 radical (unpaired) electrons. The van der Waals surface area contributed by atoms with E-state index in [0.717, 1.165) is 12.8 Å². The van der Waals surface area contributed by atoms with E-state index < -0.39 is 5.60 Å². The van der Waals surface area contributed by atoms with Gasteiger partial charge in [0.2, 0.25) is 5.65 Å². The summed E-state index contributed by atoms with van der Waals surface area (Å²) in [7, 11) is 0. The maximum Gasteiger partial charge on any atom is 0.407 e. The Hall–Kier alpha value is -2.58. The quantitative estimate of drug-likeness (QED) is 0.846. The lowest BCUT2D eigenvalue weighted by molar-refractivity contribution is 0.0497. The van der Waals surface area contributed by atoms with Gasteiger partial charge in [-0.2, -0.15) is 0 Å². The molecule has 0 aromatic carbocycles. The number of nitrogens with one attached hydrogen (secondary N) is 2. The van der Waals surface area contributed by atoms with Crippen LogP contribution in [0.25, 0.3) is 5.65 Å². The number of amides is 1. The van der Waals surface area contributed by atoms with E-state index in [-0.39, 0.29) is 17.8 Å². The zero-order chi connectivity index (χ0) is 17.3. The SMILES string of the molecule is CC(C)(C)OC(=O)NC1CCN(c2nccn3c(=O)[nH]nc23)CC1. The maximum atomic E-state index is 11.8. The molecular formula is C15H22N6O3. The van der Waals surface area contributed by atoms with Gasteiger partial charge in [-0.15, -0.1) is 5.10 Å². The zero-order valence-electron chi connectivity index (χ0n) is 14.1. The first-order valence-corrected chi connectivity index (χ1v) is 8.00. The van der Waals surface area contributed by atoms with Crippen molar-refractivity contribution in [1.82, 2.24) is 24.9 Å². The molecule has 9 heteroatoms. The van der Waals surface area contributed by atoms with E-state index in [0.29, 0.717) is 24.6 Å². The van der Waals surface area contributed by atoms with E-state index in [1.165, 1.54) is 4.40 Å². The van der Waals surface area contributed by atoms with Crippen LogP contribution in [-0.2, 0) is 4.74 Å². The van der Waals surface area contributed by atoms with E-state index in [2.05, 4.69) is 25.4 Å². The van der Waals surface area contributed by atoms with E-state index in [1.54, 1.807) is 12.4 Å². The topological polar surface area (TPSA) is 105 Å². The first kappa shape index (κ1) is 16.3. The summed E-state index contributed by atoms with van der Waals surface area (Å²) >= 11 is 0. The van der Waals surface area contributed by atoms with Crippen molar-refractivity contribution in [3.05, 3.63) is 22.9 Å². The summed E-state index contributed by atoms with van der Waals surface area (Å²) in [6.07, 6.45) is 4.33. The standard InChI is InChI=1S/C15H22N6O3/c1-15(2,3)24-14(23)17-10-4-7-20(8-5-10)11-12-18-19-13(22)21(12)9-6-16-11/h6,9-10H,4-5,7-8H2,1-3H3,(H,17,23)(H,19,22). The number of nitrogens with zero attached hydrogens (tertiary/aromatic N) is 4. The minimum absolute atomic E-state index is 0.0669. The van der Waals surface area contributed by atoms with Crippen LogP contribution in [0.5, 0.6) is 0 Å². The van der Waals surface area contributed by atoms with E-state index >= 15 is 0 Å². The van der Waals surface area contributed by atoms with Gasteiger partial charge in [-0.05, 0) is 33.6 Å². The minimum Gasteiger partial charge on any atom is -0.444 e. The predicted octanol–water partition coefficient (Wildman–Crippen LogP) is 0.911. The molecule has 1 fully saturated rings. The number of rotatable bonds is 2. The van der Waals surface area contributed by atoms with E-state index in [1.807, 2.05) is 20.8 Å². The number of hydrogen-bond acceptors (Lipinski definition) is 6. The Balaban J connectivity index is 1.63. The second-order valence-corrected chi connectivity index (χ2v) is 6.88. The lowest BCUT2D eigenvalue weighted by Crippen LogP contribution is -2.46. The number of hydrogen-bond donors (Lipinski definition) is 2. The Morgan fingerprint density at radius 1 is 1.38 bits per heavy atom. The smallest absolute Gasteiger partial charge is 0.407 e. The van der Waals surface area contributed by atoms with Gasteiger partial charge in [0.05, 0.1) is 0 Å². The Morgan fingerprint density at radius 3 is 2.75 bits per heavy atom. The van der Waals surface area contributed by atoms with Crippen LogP contribution in [-0.4, -0.2) is 50.4 Å². The molecule has 1 saturated heterocycles. The molecule has 24 heavy (non-hydrogen) atoms. The number of aromatic amines is 1. The van der Waals surface area contributed by atoms with Gasteiger partial charge in [-0.1, -0.05) is 0 Å². The van der Waals surface area contributed by atoms with Gasteiger partial charge in [0.25, 0.3) is 0 Å². The molecule has 130 valence electrons. The van der Waals surface area contributed by atoms with Crippen molar-refractivity contribution in [3.8, 4) is 0 Å². The van der Waals surface area contributed by atoms with Gasteiger partial charge < -0.3 is 15.0 Å². The zero-order valence-corrected chi connectivity index (χ0v) is 14.1. The van der Waals surface area contributed by atoms with E-state index in [4.69, 9.17) is 4.74 Å². The highest BCUT2D eigenvalue weighted by Gasteiger charge is 2.25. The number of ether oxygens (including phenoxy) is 1. The average Bonchev–Trinajstić information content (AvgIpc) is 2.88. The largest absolute Gasteiger partial charge is 0.444 e. The normalized spacial score (nSPS) is 16.4. The van der Waals surface area contributed by atoms with Crippen molar-refractivity contribution < 1.29 is 9.53 Å². The Kier molecular flexibility index (Phi) is 4.16. The molecule has 9 nitrogen and oxygen atoms in total. The predicted molar refractivity (Wildman–Crippen MR) is 88.2 cm³/mol. The van der Waals surface area contributed by atoms with Crippen LogP contribution < -0.4 is 15.9 Å². The molecule has 2 aromatic heterocycles. The molecular weight excluding hydrogens is 312 g/mol. The molecule has 1 aliphatic rings. The lowest BCUT2D eigenvalue weighted by Gasteiger charge is -2.33. The number of aromatic nitrogens is 4. The third-order valence-corrected chi connectivity index (χ3v) is 3.83. The summed E-state index contributed by atoms with van der Waals surface area (Å²) < 4.78 is 6.72. The Morgan fingerprint density at radius 2 is 2.08 bits per heavy atom. The van der Waals surface area contributed by atoms with Crippen LogP contribution in [0.4, 0.5) is 10.6 Å². The van der Waals surface area contributed by atoms with Crippen LogP contribution in [0.15, 0.2) is 17.2 Å². The molecule has 0 saturated carbocycles. The van der Waals surface area contributed by atoms with Gasteiger partial charge in [0, 0.05) is 31.5 Å². The van der Waals surface area contributed by atoms with Crippen LogP contribution >= 0.6 is 0 Å². The molecule has 0 atom stereocenters. The van der Waals surface area contributed by atoms with Gasteiger partial charge in [-0.3, -0.25) is 0 Å². The van der Waals surface area contributed by atoms with Crippen molar-refractivity contribution in [3.63, 3.8) is 0 Å². The lowest BCUT2D eigenvalue weighted by atomic mass is 10.1. The number of H-pyrrole nitrogens is 1. The molecule has 0 aliphatic carbocycles. The fraction of sp³-hybridized carbons (Fsp3) is 0.600. The van der Waals surface area contributed by atoms with Crippen molar-refractivity contribution in [1.29, 1.82) is 0 Å². The number of fused-ring (bicyclic) bond motifs is 1. The Labute approximate surface area is 139 Å². The first-order valence-electron chi connectivity index (χ1n) is 8.00. The molecule has 1 amide bonds. The highest BCUT2D eigenvalue weighted by Crippen LogP contribution is 2.20. The second kappa shape index (κ2) is 6.14. The third kappa shape index (κ3) is 3.50. The van der Waals surface area contributed by atoms with Gasteiger partial charge in [0.15, 0.2) is 5.82 Å². The fourth-order valence-corrected chi connectivity index (χ4v) is 2.76. The molecule has 3 heterocycles. The third-order valence-electron chi connectivity index (χ3n) is 3.83. The summed E-state index contributed by atoms with van der Waals surface area (Å²) in [4.78, 5) is 29.9. The number of carbonyl (C=O) groups is 1. The summed E-state index contributed by atoms with van der Waals surface area (Å²) in [6, 6.07) is 0.0669. The highest BCUT2D eigenvalue weighted by atomic mass is 16.6. The van der Waals surface area contributed by atoms with Gasteiger partial charge in [0.1, 0.15) is 5.60 Å². The summed E-state index contributed by atoms with van der Waals surface area (Å²) in [5.41, 5.74) is -0.270. The highest BCUT2D eigenvalue weighted by molar-refractivity contribution is 5.68. The molecule has 3 rings (SSSR count). The molecule has 2 aromatic rings. The van der Waals surface area contributed by atoms with Crippen molar-refractivity contribution in [2.24, 2.45) is 0 Å². The summed E-state index contributed by atoms with van der Waals surface area (Å²) in [6.45, 7) is 6.95. The van der Waals surface area contributed by atoms with Crippen LogP contribution in [0.2, 0.25) is 0 Å². The van der Waals surface area contributed by atoms with Crippen molar-refractivity contribution in [2.75, 3.05) is 18.0 Å². The minimum atomic E-state index is -0.502. The maximum absolute atomic E-state index is 11.8. The Bertz CT molecular complexity index is 782. The van der Waals surface area contributed by atoms with Crippen LogP contribution in [0.3, 0.4) is 0 Å². The number of alkyl carbamates (subject to hydrolysis) is 1. The monoisotopic (exact) mass is 334 g/mol. The number of carbonyl (C=O) groups excluding carboxylic acids is 1. The first-order chi connectivity index (χ1) is 11.3. The van der Waals surface area contributed by atoms with Crippen molar-refractivity contribution >= 4 is 17.6 Å². The van der Waals surface area contributed by atoms with Crippen molar-refractivity contribution in [2.45, 2.75) is 45.3 Å². The van der Waals surface area contributed by atoms with Crippen LogP contribution in [0, 0.1) is 0 Å².